The zero-order chi connectivity index (χ0) is 14.1. The summed E-state index contributed by atoms with van der Waals surface area (Å²) < 4.78 is 1.85. The molecule has 1 N–H and O–H groups in total. The molecule has 0 aliphatic carbocycles. The van der Waals surface area contributed by atoms with Crippen molar-refractivity contribution in [3.05, 3.63) is 53.6 Å². The van der Waals surface area contributed by atoms with Crippen molar-refractivity contribution in [2.75, 3.05) is 0 Å². The average Bonchev–Trinajstić information content (AvgIpc) is 2.86. The van der Waals surface area contributed by atoms with Crippen LogP contribution >= 0.6 is 11.6 Å². The second-order valence-electron chi connectivity index (χ2n) is 4.59. The topological polar surface area (TPSA) is 50.4 Å². The third kappa shape index (κ3) is 2.17. The smallest absolute Gasteiger partial charge is 0.137 e. The van der Waals surface area contributed by atoms with Crippen molar-refractivity contribution in [1.82, 2.24) is 14.4 Å². The van der Waals surface area contributed by atoms with E-state index in [2.05, 4.69) is 9.97 Å². The van der Waals surface area contributed by atoms with E-state index in [0.29, 0.717) is 11.4 Å². The fourth-order valence-electron chi connectivity index (χ4n) is 2.26. The molecule has 0 bridgehead atoms. The molecule has 102 valence electrons. The molecular formula is C15H14ClN3O. The van der Waals surface area contributed by atoms with E-state index < -0.39 is 6.10 Å². The lowest BCUT2D eigenvalue weighted by atomic mass is 10.1. The molecule has 4 nitrogen and oxygen atoms in total. The predicted octanol–water partition coefficient (Wildman–Crippen LogP) is 3.49. The van der Waals surface area contributed by atoms with Crippen molar-refractivity contribution in [3.63, 3.8) is 0 Å². The van der Waals surface area contributed by atoms with Crippen LogP contribution in [-0.4, -0.2) is 19.5 Å². The van der Waals surface area contributed by atoms with Gasteiger partial charge in [-0.15, -0.1) is 0 Å². The van der Waals surface area contributed by atoms with E-state index in [0.717, 1.165) is 22.6 Å². The van der Waals surface area contributed by atoms with Crippen LogP contribution < -0.4 is 0 Å². The van der Waals surface area contributed by atoms with Crippen molar-refractivity contribution in [2.24, 2.45) is 0 Å². The second-order valence-corrected chi connectivity index (χ2v) is 5.02. The third-order valence-corrected chi connectivity index (χ3v) is 3.48. The molecule has 0 amide bonds. The Morgan fingerprint density at radius 1 is 1.35 bits per heavy atom. The van der Waals surface area contributed by atoms with Gasteiger partial charge in [0.2, 0.25) is 0 Å². The van der Waals surface area contributed by atoms with Crippen molar-refractivity contribution in [2.45, 2.75) is 19.4 Å². The van der Waals surface area contributed by atoms with Gasteiger partial charge >= 0.3 is 0 Å². The maximum Gasteiger partial charge on any atom is 0.137 e. The molecule has 3 rings (SSSR count). The van der Waals surface area contributed by atoms with Crippen LogP contribution in [0.5, 0.6) is 0 Å². The first-order chi connectivity index (χ1) is 9.70. The van der Waals surface area contributed by atoms with Crippen LogP contribution in [0.1, 0.15) is 25.1 Å². The first kappa shape index (κ1) is 13.1. The highest BCUT2D eigenvalue weighted by Gasteiger charge is 2.19. The highest BCUT2D eigenvalue weighted by atomic mass is 35.5. The molecular weight excluding hydrogens is 274 g/mol. The monoisotopic (exact) mass is 287 g/mol. The molecule has 5 heteroatoms. The van der Waals surface area contributed by atoms with E-state index >= 15 is 0 Å². The van der Waals surface area contributed by atoms with Gasteiger partial charge in [-0.25, -0.2) is 4.98 Å². The molecule has 3 heterocycles. The lowest BCUT2D eigenvalue weighted by Gasteiger charge is -2.10. The minimum absolute atomic E-state index is 0.598. The summed E-state index contributed by atoms with van der Waals surface area (Å²) in [5.74, 6) is 0. The summed E-state index contributed by atoms with van der Waals surface area (Å²) in [4.78, 5) is 8.72. The van der Waals surface area contributed by atoms with Crippen molar-refractivity contribution in [1.29, 1.82) is 0 Å². The number of aliphatic hydroxyl groups is 1. The summed E-state index contributed by atoms with van der Waals surface area (Å²) in [6.07, 6.45) is 5.24. The molecule has 0 spiro atoms. The van der Waals surface area contributed by atoms with E-state index in [1.807, 2.05) is 29.5 Å². The Kier molecular flexibility index (Phi) is 3.42. The largest absolute Gasteiger partial charge is 0.387 e. The number of aliphatic hydroxyl groups excluding tert-OH is 1. The number of hydrogen-bond acceptors (Lipinski definition) is 3. The van der Waals surface area contributed by atoms with Crippen molar-refractivity contribution >= 4 is 17.2 Å². The maximum atomic E-state index is 10.3. The number of hydrogen-bond donors (Lipinski definition) is 1. The molecule has 0 aromatic carbocycles. The lowest BCUT2D eigenvalue weighted by molar-refractivity contribution is 0.168. The summed E-state index contributed by atoms with van der Waals surface area (Å²) in [6.45, 7) is 1.93. The van der Waals surface area contributed by atoms with E-state index in [4.69, 9.17) is 11.6 Å². The van der Waals surface area contributed by atoms with Gasteiger partial charge in [0, 0.05) is 24.2 Å². The molecule has 0 saturated heterocycles. The number of rotatable bonds is 3. The zero-order valence-corrected chi connectivity index (χ0v) is 11.7. The number of nitrogens with zero attached hydrogens (tertiary/aromatic N) is 3. The van der Waals surface area contributed by atoms with E-state index in [9.17, 15) is 5.11 Å². The minimum Gasteiger partial charge on any atom is -0.387 e. The summed E-state index contributed by atoms with van der Waals surface area (Å²) in [5.41, 5.74) is 3.14. The van der Waals surface area contributed by atoms with Crippen LogP contribution in [0.15, 0.2) is 42.9 Å². The number of aromatic nitrogens is 3. The first-order valence-electron chi connectivity index (χ1n) is 6.46. The van der Waals surface area contributed by atoms with Gasteiger partial charge < -0.3 is 5.11 Å². The van der Waals surface area contributed by atoms with Gasteiger partial charge in [0.15, 0.2) is 0 Å². The van der Waals surface area contributed by atoms with E-state index in [1.54, 1.807) is 24.7 Å². The zero-order valence-electron chi connectivity index (χ0n) is 11.0. The number of fused-ring (bicyclic) bond motifs is 1. The van der Waals surface area contributed by atoms with Crippen LogP contribution in [0.4, 0.5) is 0 Å². The molecule has 1 atom stereocenters. The van der Waals surface area contributed by atoms with Gasteiger partial charge in [-0.1, -0.05) is 18.5 Å². The molecule has 1 unspecified atom stereocenters. The molecule has 0 fully saturated rings. The Morgan fingerprint density at radius 3 is 2.90 bits per heavy atom. The molecule has 3 aromatic rings. The lowest BCUT2D eigenvalue weighted by Crippen LogP contribution is -2.02. The standard InChI is InChI=1S/C15H14ClN3O/c1-2-12(20)15-14(10-4-3-7-17-8-10)18-13-6-5-11(16)9-19(13)15/h3-9,12,20H,2H2,1H3. The fourth-order valence-corrected chi connectivity index (χ4v) is 2.42. The van der Waals surface area contributed by atoms with Crippen LogP contribution in [0, 0.1) is 0 Å². The summed E-state index contributed by atoms with van der Waals surface area (Å²) in [6, 6.07) is 7.42. The summed E-state index contributed by atoms with van der Waals surface area (Å²) in [7, 11) is 0. The normalized spacial score (nSPS) is 12.8. The molecule has 0 radical (unpaired) electrons. The number of imidazole rings is 1. The van der Waals surface area contributed by atoms with Crippen LogP contribution in [-0.2, 0) is 0 Å². The predicted molar refractivity (Wildman–Crippen MR) is 78.7 cm³/mol. The molecule has 0 aliphatic rings. The highest BCUT2D eigenvalue weighted by molar-refractivity contribution is 6.30. The van der Waals surface area contributed by atoms with Gasteiger partial charge in [0.05, 0.1) is 22.5 Å². The Morgan fingerprint density at radius 2 is 2.20 bits per heavy atom. The SMILES string of the molecule is CCC(O)c1c(-c2cccnc2)nc2ccc(Cl)cn12. The molecule has 0 aliphatic heterocycles. The van der Waals surface area contributed by atoms with Gasteiger partial charge in [0.1, 0.15) is 5.65 Å². The minimum atomic E-state index is -0.598. The Hall–Kier alpha value is -1.91. The van der Waals surface area contributed by atoms with Gasteiger partial charge in [-0.3, -0.25) is 9.38 Å². The Balaban J connectivity index is 2.31. The molecule has 20 heavy (non-hydrogen) atoms. The first-order valence-corrected chi connectivity index (χ1v) is 6.84. The maximum absolute atomic E-state index is 10.3. The fraction of sp³-hybridized carbons (Fsp3) is 0.200. The number of halogens is 1. The van der Waals surface area contributed by atoms with Crippen LogP contribution in [0.2, 0.25) is 5.02 Å². The second kappa shape index (κ2) is 5.23. The van der Waals surface area contributed by atoms with Crippen LogP contribution in [0.25, 0.3) is 16.9 Å². The van der Waals surface area contributed by atoms with E-state index in [-0.39, 0.29) is 0 Å². The molecule has 0 saturated carbocycles. The quantitative estimate of drug-likeness (QED) is 0.802. The summed E-state index contributed by atoms with van der Waals surface area (Å²) >= 11 is 6.05. The number of pyridine rings is 2. The average molecular weight is 288 g/mol. The van der Waals surface area contributed by atoms with Gasteiger partial charge in [0.25, 0.3) is 0 Å². The molecule has 3 aromatic heterocycles. The van der Waals surface area contributed by atoms with Crippen molar-refractivity contribution in [3.8, 4) is 11.3 Å². The van der Waals surface area contributed by atoms with Crippen molar-refractivity contribution < 1.29 is 5.11 Å². The Bertz CT molecular complexity index is 739. The van der Waals surface area contributed by atoms with E-state index in [1.165, 1.54) is 0 Å². The van der Waals surface area contributed by atoms with Gasteiger partial charge in [-0.2, -0.15) is 0 Å². The van der Waals surface area contributed by atoms with Crippen LogP contribution in [0.3, 0.4) is 0 Å². The third-order valence-electron chi connectivity index (χ3n) is 3.26. The highest BCUT2D eigenvalue weighted by Crippen LogP contribution is 2.30. The summed E-state index contributed by atoms with van der Waals surface area (Å²) in [5, 5.41) is 10.9. The van der Waals surface area contributed by atoms with Gasteiger partial charge in [-0.05, 0) is 30.7 Å². The Labute approximate surface area is 121 Å².